The summed E-state index contributed by atoms with van der Waals surface area (Å²) in [7, 11) is 0. The third-order valence-corrected chi connectivity index (χ3v) is 5.15. The van der Waals surface area contributed by atoms with Crippen molar-refractivity contribution < 1.29 is 29.0 Å². The number of nitrogens with one attached hydrogen (secondary N) is 5. The smallest absolute Gasteiger partial charge is 0.408 e. The molecular formula is C25H32N6O6. The maximum atomic E-state index is 12.8. The zero-order valence-corrected chi connectivity index (χ0v) is 20.2. The van der Waals surface area contributed by atoms with Crippen LogP contribution in [-0.4, -0.2) is 60.1 Å². The molecule has 37 heavy (non-hydrogen) atoms. The van der Waals surface area contributed by atoms with E-state index in [1.54, 1.807) is 36.4 Å². The second-order valence-corrected chi connectivity index (χ2v) is 8.11. The molecule has 12 nitrogen and oxygen atoms in total. The quantitative estimate of drug-likeness (QED) is 0.108. The second-order valence-electron chi connectivity index (χ2n) is 8.11. The van der Waals surface area contributed by atoms with E-state index < -0.39 is 42.5 Å². The van der Waals surface area contributed by atoms with Gasteiger partial charge >= 0.3 is 12.1 Å². The lowest BCUT2D eigenvalue weighted by Crippen LogP contribution is -2.51. The van der Waals surface area contributed by atoms with Gasteiger partial charge in [-0.15, -0.1) is 0 Å². The van der Waals surface area contributed by atoms with Crippen LogP contribution in [0.25, 0.3) is 0 Å². The lowest BCUT2D eigenvalue weighted by molar-refractivity contribution is -0.142. The zero-order chi connectivity index (χ0) is 27.0. The summed E-state index contributed by atoms with van der Waals surface area (Å²) in [6.07, 6.45) is -0.206. The van der Waals surface area contributed by atoms with E-state index in [0.717, 1.165) is 11.1 Å². The Labute approximate surface area is 214 Å². The molecule has 198 valence electrons. The van der Waals surface area contributed by atoms with Crippen LogP contribution in [0.2, 0.25) is 0 Å². The number of carbonyl (C=O) groups excluding carboxylic acids is 3. The number of carbonyl (C=O) groups is 4. The first-order valence-corrected chi connectivity index (χ1v) is 11.6. The summed E-state index contributed by atoms with van der Waals surface area (Å²) in [6, 6.07) is 15.8. The van der Waals surface area contributed by atoms with Crippen molar-refractivity contribution in [3.63, 3.8) is 0 Å². The van der Waals surface area contributed by atoms with E-state index in [2.05, 4.69) is 21.3 Å². The number of hydrogen-bond acceptors (Lipinski definition) is 6. The minimum Gasteiger partial charge on any atom is -0.480 e. The first kappa shape index (κ1) is 28.6. The van der Waals surface area contributed by atoms with Crippen LogP contribution in [0.4, 0.5) is 4.79 Å². The number of guanidine groups is 1. The van der Waals surface area contributed by atoms with E-state index in [9.17, 15) is 24.3 Å². The summed E-state index contributed by atoms with van der Waals surface area (Å²) >= 11 is 0. The summed E-state index contributed by atoms with van der Waals surface area (Å²) in [5.41, 5.74) is 6.74. The van der Waals surface area contributed by atoms with Gasteiger partial charge in [0, 0.05) is 13.0 Å². The predicted octanol–water partition coefficient (Wildman–Crippen LogP) is 0.473. The van der Waals surface area contributed by atoms with Crippen LogP contribution in [-0.2, 0) is 32.1 Å². The predicted molar refractivity (Wildman–Crippen MR) is 135 cm³/mol. The molecule has 2 rings (SSSR count). The van der Waals surface area contributed by atoms with E-state index in [1.165, 1.54) is 0 Å². The highest BCUT2D eigenvalue weighted by Gasteiger charge is 2.24. The molecule has 0 aliphatic heterocycles. The number of benzene rings is 2. The van der Waals surface area contributed by atoms with Crippen LogP contribution < -0.4 is 27.0 Å². The molecule has 0 saturated heterocycles. The molecule has 0 aliphatic carbocycles. The molecule has 2 unspecified atom stereocenters. The lowest BCUT2D eigenvalue weighted by Gasteiger charge is -2.19. The molecule has 2 atom stereocenters. The SMILES string of the molecule is N=C(N)NCCCC(NC(=O)CNC(=O)C(Cc1ccccc1)NC(=O)OCc1ccccc1)C(=O)O. The second kappa shape index (κ2) is 15.4. The van der Waals surface area contributed by atoms with Gasteiger partial charge in [0.05, 0.1) is 6.54 Å². The van der Waals surface area contributed by atoms with E-state index in [1.807, 2.05) is 24.3 Å². The Kier molecular flexibility index (Phi) is 11.9. The highest BCUT2D eigenvalue weighted by atomic mass is 16.5. The Bertz CT molecular complexity index is 1050. The van der Waals surface area contributed by atoms with Crippen molar-refractivity contribution in [2.75, 3.05) is 13.1 Å². The number of carboxylic acids is 1. The van der Waals surface area contributed by atoms with Crippen LogP contribution in [0.5, 0.6) is 0 Å². The summed E-state index contributed by atoms with van der Waals surface area (Å²) in [6.45, 7) is -0.188. The third kappa shape index (κ3) is 11.6. The Morgan fingerprint density at radius 2 is 1.51 bits per heavy atom. The summed E-state index contributed by atoms with van der Waals surface area (Å²) in [5, 5.41) is 26.3. The Morgan fingerprint density at radius 3 is 2.11 bits per heavy atom. The zero-order valence-electron chi connectivity index (χ0n) is 20.2. The summed E-state index contributed by atoms with van der Waals surface area (Å²) in [5.74, 6) is -2.80. The van der Waals surface area contributed by atoms with Gasteiger partial charge in [0.15, 0.2) is 5.96 Å². The van der Waals surface area contributed by atoms with Crippen LogP contribution in [0.1, 0.15) is 24.0 Å². The molecule has 2 aromatic rings. The minimum absolute atomic E-state index is 0.0211. The van der Waals surface area contributed by atoms with Crippen molar-refractivity contribution in [2.45, 2.75) is 38.0 Å². The molecule has 0 radical (unpaired) electrons. The largest absolute Gasteiger partial charge is 0.480 e. The summed E-state index contributed by atoms with van der Waals surface area (Å²) in [4.78, 5) is 48.9. The highest BCUT2D eigenvalue weighted by Crippen LogP contribution is 2.05. The Balaban J connectivity index is 1.91. The van der Waals surface area contributed by atoms with Crippen molar-refractivity contribution in [3.8, 4) is 0 Å². The van der Waals surface area contributed by atoms with Gasteiger partial charge in [0.25, 0.3) is 0 Å². The fraction of sp³-hybridized carbons (Fsp3) is 0.320. The van der Waals surface area contributed by atoms with Crippen LogP contribution >= 0.6 is 0 Å². The maximum Gasteiger partial charge on any atom is 0.408 e. The standard InChI is InChI=1S/C25H32N6O6/c26-24(27)28-13-7-12-19(23(34)35)30-21(32)15-29-22(33)20(14-17-8-3-1-4-9-17)31-25(36)37-16-18-10-5-2-6-11-18/h1-6,8-11,19-20H,7,12-16H2,(H,29,33)(H,30,32)(H,31,36)(H,34,35)(H4,26,27,28). The monoisotopic (exact) mass is 512 g/mol. The van der Waals surface area contributed by atoms with Crippen molar-refractivity contribution in [3.05, 3.63) is 71.8 Å². The van der Waals surface area contributed by atoms with Gasteiger partial charge in [-0.05, 0) is 24.0 Å². The first-order valence-electron chi connectivity index (χ1n) is 11.6. The van der Waals surface area contributed by atoms with E-state index in [4.69, 9.17) is 15.9 Å². The molecule has 12 heteroatoms. The minimum atomic E-state index is -1.23. The fourth-order valence-electron chi connectivity index (χ4n) is 3.29. The first-order chi connectivity index (χ1) is 17.7. The molecule has 0 spiro atoms. The maximum absolute atomic E-state index is 12.8. The van der Waals surface area contributed by atoms with Crippen LogP contribution in [0.15, 0.2) is 60.7 Å². The molecule has 0 aromatic heterocycles. The molecular weight excluding hydrogens is 480 g/mol. The number of ether oxygens (including phenoxy) is 1. The lowest BCUT2D eigenvalue weighted by atomic mass is 10.1. The topological polar surface area (TPSA) is 196 Å². The number of carboxylic acid groups (broad SMARTS) is 1. The Hall–Kier alpha value is -4.61. The molecule has 0 fully saturated rings. The van der Waals surface area contributed by atoms with Gasteiger partial charge in [-0.3, -0.25) is 15.0 Å². The average Bonchev–Trinajstić information content (AvgIpc) is 2.88. The van der Waals surface area contributed by atoms with E-state index in [0.29, 0.717) is 6.42 Å². The van der Waals surface area contributed by atoms with Gasteiger partial charge in [0.2, 0.25) is 11.8 Å². The fourth-order valence-corrected chi connectivity index (χ4v) is 3.29. The molecule has 8 N–H and O–H groups in total. The van der Waals surface area contributed by atoms with Crippen molar-refractivity contribution in [1.29, 1.82) is 5.41 Å². The summed E-state index contributed by atoms with van der Waals surface area (Å²) < 4.78 is 5.21. The van der Waals surface area contributed by atoms with Crippen molar-refractivity contribution >= 4 is 29.8 Å². The van der Waals surface area contributed by atoms with Gasteiger partial charge in [-0.25, -0.2) is 9.59 Å². The third-order valence-electron chi connectivity index (χ3n) is 5.15. The van der Waals surface area contributed by atoms with Gasteiger partial charge < -0.3 is 36.8 Å². The average molecular weight is 513 g/mol. The van der Waals surface area contributed by atoms with Gasteiger partial charge in [-0.2, -0.15) is 0 Å². The number of nitrogens with two attached hydrogens (primary N) is 1. The highest BCUT2D eigenvalue weighted by molar-refractivity contribution is 5.91. The number of amides is 3. The van der Waals surface area contributed by atoms with Crippen molar-refractivity contribution in [1.82, 2.24) is 21.3 Å². The van der Waals surface area contributed by atoms with E-state index in [-0.39, 0.29) is 32.0 Å². The van der Waals surface area contributed by atoms with Crippen LogP contribution in [0, 0.1) is 5.41 Å². The molecule has 0 heterocycles. The number of rotatable bonds is 14. The van der Waals surface area contributed by atoms with Crippen molar-refractivity contribution in [2.24, 2.45) is 5.73 Å². The van der Waals surface area contributed by atoms with E-state index >= 15 is 0 Å². The molecule has 3 amide bonds. The molecule has 0 saturated carbocycles. The molecule has 2 aromatic carbocycles. The number of hydrogen-bond donors (Lipinski definition) is 7. The molecule has 0 bridgehead atoms. The number of aliphatic carboxylic acids is 1. The molecule has 0 aliphatic rings. The normalized spacial score (nSPS) is 11.9. The Morgan fingerprint density at radius 1 is 0.892 bits per heavy atom. The van der Waals surface area contributed by atoms with Crippen LogP contribution in [0.3, 0.4) is 0 Å². The van der Waals surface area contributed by atoms with Gasteiger partial charge in [0.1, 0.15) is 18.7 Å². The van der Waals surface area contributed by atoms with Gasteiger partial charge in [-0.1, -0.05) is 60.7 Å². The number of alkyl carbamates (subject to hydrolysis) is 1.